The third kappa shape index (κ3) is 5.11. The smallest absolute Gasteiger partial charge is 0.338 e. The quantitative estimate of drug-likeness (QED) is 0.692. The molecule has 1 amide bonds. The van der Waals surface area contributed by atoms with Gasteiger partial charge >= 0.3 is 5.97 Å². The molecule has 0 aliphatic rings. The fraction of sp³-hybridized carbons (Fsp3) is 0.300. The second kappa shape index (κ2) is 9.04. The van der Waals surface area contributed by atoms with E-state index < -0.39 is 33.8 Å². The second-order valence-electron chi connectivity index (χ2n) is 6.37. The lowest BCUT2D eigenvalue weighted by molar-refractivity contribution is -0.116. The number of ether oxygens (including phenoxy) is 1. The van der Waals surface area contributed by atoms with Crippen molar-refractivity contribution in [3.8, 4) is 0 Å². The van der Waals surface area contributed by atoms with Crippen LogP contribution in [0.3, 0.4) is 0 Å². The number of sulfonamides is 1. The summed E-state index contributed by atoms with van der Waals surface area (Å²) < 4.78 is 44.5. The molecule has 0 radical (unpaired) electrons. The Morgan fingerprint density at radius 3 is 2.41 bits per heavy atom. The first-order valence-electron chi connectivity index (χ1n) is 8.89. The Morgan fingerprint density at radius 2 is 1.83 bits per heavy atom. The summed E-state index contributed by atoms with van der Waals surface area (Å²) in [4.78, 5) is 24.8. The summed E-state index contributed by atoms with van der Waals surface area (Å²) >= 11 is 0. The number of carbonyl (C=O) groups is 2. The lowest BCUT2D eigenvalue weighted by Gasteiger charge is -2.28. The average Bonchev–Trinajstić information content (AvgIpc) is 2.64. The van der Waals surface area contributed by atoms with Gasteiger partial charge < -0.3 is 10.1 Å². The van der Waals surface area contributed by atoms with Crippen LogP contribution < -0.4 is 9.62 Å². The number of anilines is 2. The van der Waals surface area contributed by atoms with Crippen molar-refractivity contribution in [1.29, 1.82) is 0 Å². The molecule has 0 spiro atoms. The Labute approximate surface area is 169 Å². The van der Waals surface area contributed by atoms with E-state index in [1.54, 1.807) is 32.0 Å². The first kappa shape index (κ1) is 22.4. The van der Waals surface area contributed by atoms with Gasteiger partial charge in [-0.15, -0.1) is 0 Å². The minimum Gasteiger partial charge on any atom is -0.462 e. The molecule has 9 heteroatoms. The number of rotatable bonds is 7. The van der Waals surface area contributed by atoms with Gasteiger partial charge in [-0.05, 0) is 50.6 Å². The SMILES string of the molecule is CCOC(=O)c1cccc(NC(=O)[C@H](C)N(c2ccccc2F)S(C)(=O)=O)c1C. The molecule has 2 rings (SSSR count). The molecule has 0 fully saturated rings. The molecule has 2 aromatic carbocycles. The van der Waals surface area contributed by atoms with Gasteiger partial charge in [-0.25, -0.2) is 17.6 Å². The molecule has 2 aromatic rings. The molecular weight excluding hydrogens is 399 g/mol. The highest BCUT2D eigenvalue weighted by atomic mass is 32.2. The number of hydrogen-bond donors (Lipinski definition) is 1. The maximum absolute atomic E-state index is 14.2. The Kier molecular flexibility index (Phi) is 6.97. The van der Waals surface area contributed by atoms with Crippen LogP contribution in [0.5, 0.6) is 0 Å². The molecule has 0 aliphatic heterocycles. The van der Waals surface area contributed by atoms with Gasteiger partial charge in [0.2, 0.25) is 15.9 Å². The summed E-state index contributed by atoms with van der Waals surface area (Å²) in [6.07, 6.45) is 0.899. The summed E-state index contributed by atoms with van der Waals surface area (Å²) in [5.41, 5.74) is 0.860. The number of nitrogens with zero attached hydrogens (tertiary/aromatic N) is 1. The highest BCUT2D eigenvalue weighted by molar-refractivity contribution is 7.92. The van der Waals surface area contributed by atoms with Gasteiger partial charge in [-0.3, -0.25) is 9.10 Å². The van der Waals surface area contributed by atoms with Crippen LogP contribution in [-0.4, -0.2) is 39.2 Å². The van der Waals surface area contributed by atoms with Crippen LogP contribution in [0.4, 0.5) is 15.8 Å². The van der Waals surface area contributed by atoms with Gasteiger partial charge in [-0.2, -0.15) is 0 Å². The minimum atomic E-state index is -3.96. The molecule has 1 atom stereocenters. The third-order valence-corrected chi connectivity index (χ3v) is 5.49. The predicted molar refractivity (Wildman–Crippen MR) is 109 cm³/mol. The molecule has 0 aliphatic carbocycles. The fourth-order valence-corrected chi connectivity index (χ4v) is 4.03. The predicted octanol–water partition coefficient (Wildman–Crippen LogP) is 3.10. The maximum atomic E-state index is 14.2. The van der Waals surface area contributed by atoms with Crippen LogP contribution in [0.25, 0.3) is 0 Å². The van der Waals surface area contributed by atoms with E-state index in [4.69, 9.17) is 4.74 Å². The standard InChI is InChI=1S/C20H23FN2O5S/c1-5-28-20(25)15-9-8-11-17(13(15)2)22-19(24)14(3)23(29(4,26)27)18-12-7-6-10-16(18)21/h6-12,14H,5H2,1-4H3,(H,22,24)/t14-/m0/s1. The van der Waals surface area contributed by atoms with Crippen LogP contribution in [0.2, 0.25) is 0 Å². The minimum absolute atomic E-state index is 0.206. The molecule has 0 bridgehead atoms. The molecule has 0 saturated carbocycles. The molecule has 7 nitrogen and oxygen atoms in total. The lowest BCUT2D eigenvalue weighted by Crippen LogP contribution is -2.45. The molecule has 156 valence electrons. The van der Waals surface area contributed by atoms with Gasteiger partial charge in [0.05, 0.1) is 24.1 Å². The Morgan fingerprint density at radius 1 is 1.17 bits per heavy atom. The zero-order valence-electron chi connectivity index (χ0n) is 16.6. The van der Waals surface area contributed by atoms with Crippen molar-refractivity contribution >= 4 is 33.3 Å². The van der Waals surface area contributed by atoms with Crippen molar-refractivity contribution < 1.29 is 27.1 Å². The number of halogens is 1. The molecule has 1 N–H and O–H groups in total. The van der Waals surface area contributed by atoms with E-state index in [1.165, 1.54) is 25.1 Å². The molecule has 0 heterocycles. The van der Waals surface area contributed by atoms with Crippen molar-refractivity contribution in [2.24, 2.45) is 0 Å². The van der Waals surface area contributed by atoms with Crippen LogP contribution in [0, 0.1) is 12.7 Å². The summed E-state index contributed by atoms with van der Waals surface area (Å²) in [6.45, 7) is 4.88. The van der Waals surface area contributed by atoms with Crippen molar-refractivity contribution in [2.45, 2.75) is 26.8 Å². The monoisotopic (exact) mass is 422 g/mol. The van der Waals surface area contributed by atoms with Crippen molar-refractivity contribution in [2.75, 3.05) is 22.5 Å². The lowest BCUT2D eigenvalue weighted by atomic mass is 10.1. The number of esters is 1. The van der Waals surface area contributed by atoms with Crippen molar-refractivity contribution in [3.05, 3.63) is 59.4 Å². The topological polar surface area (TPSA) is 92.8 Å². The molecule has 0 unspecified atom stereocenters. The summed E-state index contributed by atoms with van der Waals surface area (Å²) in [5, 5.41) is 2.61. The number of benzene rings is 2. The summed E-state index contributed by atoms with van der Waals surface area (Å²) in [7, 11) is -3.96. The third-order valence-electron chi connectivity index (χ3n) is 4.27. The van der Waals surface area contributed by atoms with Crippen LogP contribution in [0.1, 0.15) is 29.8 Å². The second-order valence-corrected chi connectivity index (χ2v) is 8.23. The Bertz CT molecular complexity index is 1020. The van der Waals surface area contributed by atoms with Gasteiger partial charge in [0.25, 0.3) is 0 Å². The fourth-order valence-electron chi connectivity index (χ4n) is 2.85. The molecule has 0 saturated heterocycles. The van der Waals surface area contributed by atoms with Gasteiger partial charge in [-0.1, -0.05) is 18.2 Å². The van der Waals surface area contributed by atoms with E-state index in [-0.39, 0.29) is 17.9 Å². The van der Waals surface area contributed by atoms with Gasteiger partial charge in [0, 0.05) is 5.69 Å². The number of para-hydroxylation sites is 1. The average molecular weight is 422 g/mol. The summed E-state index contributed by atoms with van der Waals surface area (Å²) in [5.74, 6) is -1.97. The first-order chi connectivity index (χ1) is 13.6. The van der Waals surface area contributed by atoms with Gasteiger partial charge in [0.15, 0.2) is 0 Å². The van der Waals surface area contributed by atoms with E-state index in [9.17, 15) is 22.4 Å². The highest BCUT2D eigenvalue weighted by Crippen LogP contribution is 2.25. The van der Waals surface area contributed by atoms with Crippen molar-refractivity contribution in [1.82, 2.24) is 0 Å². The van der Waals surface area contributed by atoms with Crippen LogP contribution in [-0.2, 0) is 19.6 Å². The van der Waals surface area contributed by atoms with Crippen LogP contribution >= 0.6 is 0 Å². The Balaban J connectivity index is 2.35. The number of nitrogens with one attached hydrogen (secondary N) is 1. The molecule has 0 aromatic heterocycles. The summed E-state index contributed by atoms with van der Waals surface area (Å²) in [6, 6.07) is 8.78. The van der Waals surface area contributed by atoms with E-state index in [2.05, 4.69) is 5.32 Å². The van der Waals surface area contributed by atoms with Crippen LogP contribution in [0.15, 0.2) is 42.5 Å². The van der Waals surface area contributed by atoms with Crippen molar-refractivity contribution in [3.63, 3.8) is 0 Å². The Hall–Kier alpha value is -2.94. The highest BCUT2D eigenvalue weighted by Gasteiger charge is 2.31. The number of amides is 1. The van der Waals surface area contributed by atoms with Gasteiger partial charge in [0.1, 0.15) is 11.9 Å². The van der Waals surface area contributed by atoms with E-state index in [0.717, 1.165) is 16.6 Å². The number of hydrogen-bond acceptors (Lipinski definition) is 5. The molecule has 29 heavy (non-hydrogen) atoms. The first-order valence-corrected chi connectivity index (χ1v) is 10.7. The normalized spacial score (nSPS) is 12.2. The zero-order chi connectivity index (χ0) is 21.8. The largest absolute Gasteiger partial charge is 0.462 e. The molecular formula is C20H23FN2O5S. The van der Waals surface area contributed by atoms with E-state index in [1.807, 2.05) is 0 Å². The van der Waals surface area contributed by atoms with E-state index in [0.29, 0.717) is 11.3 Å². The number of carbonyl (C=O) groups excluding carboxylic acids is 2. The maximum Gasteiger partial charge on any atom is 0.338 e. The van der Waals surface area contributed by atoms with E-state index >= 15 is 0 Å². The zero-order valence-corrected chi connectivity index (χ0v) is 17.4.